The van der Waals surface area contributed by atoms with E-state index < -0.39 is 0 Å². The van der Waals surface area contributed by atoms with Crippen LogP contribution >= 0.6 is 15.9 Å². The third kappa shape index (κ3) is 3.52. The summed E-state index contributed by atoms with van der Waals surface area (Å²) in [5.74, 6) is 0. The number of halogens is 1. The van der Waals surface area contributed by atoms with Crippen LogP contribution in [-0.2, 0) is 6.42 Å². The highest BCUT2D eigenvalue weighted by molar-refractivity contribution is 9.09. The molecule has 0 N–H and O–H groups in total. The first-order chi connectivity index (χ1) is 8.24. The first kappa shape index (κ1) is 13.0. The molecule has 1 aliphatic rings. The summed E-state index contributed by atoms with van der Waals surface area (Å²) in [6.07, 6.45) is 9.05. The third-order valence-electron chi connectivity index (χ3n) is 3.83. The highest BCUT2D eigenvalue weighted by atomic mass is 79.9. The van der Waals surface area contributed by atoms with Gasteiger partial charge in [-0.1, -0.05) is 22.4 Å². The molecular weight excluding hydrogens is 276 g/mol. The molecule has 0 radical (unpaired) electrons. The van der Waals surface area contributed by atoms with E-state index >= 15 is 0 Å². The van der Waals surface area contributed by atoms with E-state index in [9.17, 15) is 0 Å². The Hall–Kier alpha value is -0.410. The second kappa shape index (κ2) is 5.96. The van der Waals surface area contributed by atoms with Crippen LogP contribution in [0, 0.1) is 5.41 Å². The van der Waals surface area contributed by atoms with Gasteiger partial charge in [0.25, 0.3) is 0 Å². The van der Waals surface area contributed by atoms with Crippen LogP contribution in [0.1, 0.15) is 24.8 Å². The fourth-order valence-electron chi connectivity index (χ4n) is 2.53. The number of alkyl halides is 1. The summed E-state index contributed by atoms with van der Waals surface area (Å²) in [6.45, 7) is 2.36. The van der Waals surface area contributed by atoms with Crippen molar-refractivity contribution in [2.45, 2.75) is 25.7 Å². The van der Waals surface area contributed by atoms with Crippen molar-refractivity contribution in [3.63, 3.8) is 0 Å². The molecular formula is C14H21BrN2. The van der Waals surface area contributed by atoms with E-state index in [2.05, 4.69) is 45.0 Å². The molecule has 1 aliphatic carbocycles. The minimum absolute atomic E-state index is 0.562. The number of pyridine rings is 1. The highest BCUT2D eigenvalue weighted by Gasteiger charge is 2.36. The minimum atomic E-state index is 0.562. The van der Waals surface area contributed by atoms with Crippen molar-refractivity contribution in [1.82, 2.24) is 9.88 Å². The molecule has 2 nitrogen and oxygen atoms in total. The second-order valence-corrected chi connectivity index (χ2v) is 5.89. The van der Waals surface area contributed by atoms with Crippen LogP contribution in [0.5, 0.6) is 0 Å². The van der Waals surface area contributed by atoms with Gasteiger partial charge < -0.3 is 4.90 Å². The lowest BCUT2D eigenvalue weighted by Gasteiger charge is -2.43. The zero-order valence-electron chi connectivity index (χ0n) is 10.5. The molecule has 2 rings (SSSR count). The van der Waals surface area contributed by atoms with Crippen molar-refractivity contribution >= 4 is 15.9 Å². The number of rotatable bonds is 6. The highest BCUT2D eigenvalue weighted by Crippen LogP contribution is 2.42. The van der Waals surface area contributed by atoms with E-state index in [1.165, 1.54) is 31.4 Å². The average Bonchev–Trinajstić information content (AvgIpc) is 2.33. The zero-order valence-corrected chi connectivity index (χ0v) is 12.1. The quantitative estimate of drug-likeness (QED) is 0.750. The summed E-state index contributed by atoms with van der Waals surface area (Å²) in [7, 11) is 2.24. The normalized spacial score (nSPS) is 18.1. The standard InChI is InChI=1S/C14H21BrN2/c1-17(12-14(11-15)6-2-7-14)10-5-13-3-8-16-9-4-13/h3-4,8-9H,2,5-7,10-12H2,1H3. The molecule has 1 aromatic rings. The molecule has 0 amide bonds. The fraction of sp³-hybridized carbons (Fsp3) is 0.643. The monoisotopic (exact) mass is 296 g/mol. The van der Waals surface area contributed by atoms with Gasteiger partial charge in [0.2, 0.25) is 0 Å². The zero-order chi connectivity index (χ0) is 12.1. The molecule has 0 atom stereocenters. The van der Waals surface area contributed by atoms with Gasteiger partial charge in [-0.15, -0.1) is 0 Å². The van der Waals surface area contributed by atoms with Gasteiger partial charge in [0, 0.05) is 30.8 Å². The van der Waals surface area contributed by atoms with Gasteiger partial charge >= 0.3 is 0 Å². The van der Waals surface area contributed by atoms with Gasteiger partial charge in [-0.3, -0.25) is 4.98 Å². The smallest absolute Gasteiger partial charge is 0.0270 e. The van der Waals surface area contributed by atoms with Crippen molar-refractivity contribution in [2.75, 3.05) is 25.5 Å². The van der Waals surface area contributed by atoms with Crippen molar-refractivity contribution in [2.24, 2.45) is 5.41 Å². The van der Waals surface area contributed by atoms with Crippen LogP contribution in [0.3, 0.4) is 0 Å². The summed E-state index contributed by atoms with van der Waals surface area (Å²) in [4.78, 5) is 6.52. The maximum Gasteiger partial charge on any atom is 0.0270 e. The Kier molecular flexibility index (Phi) is 4.57. The van der Waals surface area contributed by atoms with E-state index in [1.54, 1.807) is 0 Å². The van der Waals surface area contributed by atoms with Crippen LogP contribution in [0.2, 0.25) is 0 Å². The summed E-state index contributed by atoms with van der Waals surface area (Å²) < 4.78 is 0. The molecule has 94 valence electrons. The summed E-state index contributed by atoms with van der Waals surface area (Å²) >= 11 is 3.67. The second-order valence-electron chi connectivity index (χ2n) is 5.33. The molecule has 0 unspecified atom stereocenters. The predicted molar refractivity (Wildman–Crippen MR) is 75.5 cm³/mol. The predicted octanol–water partition coefficient (Wildman–Crippen LogP) is 3.12. The van der Waals surface area contributed by atoms with Crippen LogP contribution in [-0.4, -0.2) is 35.4 Å². The average molecular weight is 297 g/mol. The lowest BCUT2D eigenvalue weighted by molar-refractivity contribution is 0.107. The summed E-state index contributed by atoms with van der Waals surface area (Å²) in [5.41, 5.74) is 1.95. The van der Waals surface area contributed by atoms with Crippen molar-refractivity contribution < 1.29 is 0 Å². The molecule has 1 aromatic heterocycles. The molecule has 1 fully saturated rings. The van der Waals surface area contributed by atoms with E-state index in [0.717, 1.165) is 18.3 Å². The van der Waals surface area contributed by atoms with Gasteiger partial charge in [0.05, 0.1) is 0 Å². The van der Waals surface area contributed by atoms with E-state index in [0.29, 0.717) is 5.41 Å². The number of likely N-dealkylation sites (N-methyl/N-ethyl adjacent to an activating group) is 1. The molecule has 17 heavy (non-hydrogen) atoms. The largest absolute Gasteiger partial charge is 0.305 e. The Balaban J connectivity index is 1.76. The van der Waals surface area contributed by atoms with Crippen molar-refractivity contribution in [3.8, 4) is 0 Å². The van der Waals surface area contributed by atoms with Gasteiger partial charge in [-0.25, -0.2) is 0 Å². The lowest BCUT2D eigenvalue weighted by atomic mass is 9.70. The van der Waals surface area contributed by atoms with Crippen LogP contribution in [0.15, 0.2) is 24.5 Å². The lowest BCUT2D eigenvalue weighted by Crippen LogP contribution is -2.42. The number of nitrogens with zero attached hydrogens (tertiary/aromatic N) is 2. The molecule has 1 heterocycles. The number of hydrogen-bond acceptors (Lipinski definition) is 2. The van der Waals surface area contributed by atoms with Crippen molar-refractivity contribution in [1.29, 1.82) is 0 Å². The van der Waals surface area contributed by atoms with E-state index in [-0.39, 0.29) is 0 Å². The Morgan fingerprint density at radius 3 is 2.59 bits per heavy atom. The first-order valence-electron chi connectivity index (χ1n) is 6.38. The van der Waals surface area contributed by atoms with Crippen molar-refractivity contribution in [3.05, 3.63) is 30.1 Å². The first-order valence-corrected chi connectivity index (χ1v) is 7.50. The summed E-state index contributed by atoms with van der Waals surface area (Å²) in [5, 5.41) is 1.15. The molecule has 0 aliphatic heterocycles. The van der Waals surface area contributed by atoms with E-state index in [1.807, 2.05) is 12.4 Å². The Morgan fingerprint density at radius 2 is 2.06 bits per heavy atom. The van der Waals surface area contributed by atoms with Crippen LogP contribution in [0.25, 0.3) is 0 Å². The fourth-order valence-corrected chi connectivity index (χ4v) is 3.27. The van der Waals surface area contributed by atoms with E-state index in [4.69, 9.17) is 0 Å². The maximum absolute atomic E-state index is 4.05. The molecule has 0 spiro atoms. The van der Waals surface area contributed by atoms with Gasteiger partial charge in [-0.2, -0.15) is 0 Å². The van der Waals surface area contributed by atoms with Crippen LogP contribution < -0.4 is 0 Å². The SMILES string of the molecule is CN(CCc1ccncc1)CC1(CBr)CCC1. The maximum atomic E-state index is 4.05. The Bertz CT molecular complexity index is 330. The Morgan fingerprint density at radius 1 is 1.35 bits per heavy atom. The topological polar surface area (TPSA) is 16.1 Å². The molecule has 1 saturated carbocycles. The molecule has 0 bridgehead atoms. The number of hydrogen-bond donors (Lipinski definition) is 0. The Labute approximate surface area is 113 Å². The molecule has 0 saturated heterocycles. The summed E-state index contributed by atoms with van der Waals surface area (Å²) in [6, 6.07) is 4.22. The minimum Gasteiger partial charge on any atom is -0.305 e. The van der Waals surface area contributed by atoms with Gasteiger partial charge in [-0.05, 0) is 49.4 Å². The third-order valence-corrected chi connectivity index (χ3v) is 5.02. The van der Waals surface area contributed by atoms with Crippen LogP contribution in [0.4, 0.5) is 0 Å². The molecule has 3 heteroatoms. The number of aromatic nitrogens is 1. The van der Waals surface area contributed by atoms with Gasteiger partial charge in [0.15, 0.2) is 0 Å². The molecule has 0 aromatic carbocycles. The van der Waals surface area contributed by atoms with Gasteiger partial charge in [0.1, 0.15) is 0 Å².